The zero-order chi connectivity index (χ0) is 20.3. The van der Waals surface area contributed by atoms with E-state index in [1.807, 2.05) is 42.5 Å². The van der Waals surface area contributed by atoms with Crippen LogP contribution < -0.4 is 0 Å². The standard InChI is InChI=1S/C25H32O3S/c1-2-3-4-8-19-27-23-17-15-21(16-18-23)20-11-13-22(14-12-20)25(26)28-29-24-9-6-5-7-10-24/h5-7,9-14,21,23H,2-4,8,15-19H2,1H3. The van der Waals surface area contributed by atoms with Crippen LogP contribution in [0.5, 0.6) is 0 Å². The predicted molar refractivity (Wildman–Crippen MR) is 119 cm³/mol. The number of unbranched alkanes of at least 4 members (excludes halogenated alkanes) is 3. The normalized spacial score (nSPS) is 19.1. The summed E-state index contributed by atoms with van der Waals surface area (Å²) in [5.41, 5.74) is 1.92. The molecule has 1 saturated carbocycles. The van der Waals surface area contributed by atoms with Gasteiger partial charge in [0.05, 0.1) is 23.7 Å². The van der Waals surface area contributed by atoms with Gasteiger partial charge in [0.15, 0.2) is 0 Å². The number of ether oxygens (including phenoxy) is 1. The van der Waals surface area contributed by atoms with Crippen molar-refractivity contribution in [1.82, 2.24) is 0 Å². The van der Waals surface area contributed by atoms with Crippen LogP contribution in [0.25, 0.3) is 0 Å². The van der Waals surface area contributed by atoms with Gasteiger partial charge in [-0.2, -0.15) is 0 Å². The Morgan fingerprint density at radius 2 is 1.66 bits per heavy atom. The molecule has 0 radical (unpaired) electrons. The zero-order valence-corrected chi connectivity index (χ0v) is 18.2. The second-order valence-electron chi connectivity index (χ2n) is 7.79. The van der Waals surface area contributed by atoms with E-state index < -0.39 is 0 Å². The highest BCUT2D eigenvalue weighted by Crippen LogP contribution is 2.34. The number of carbonyl (C=O) groups is 1. The summed E-state index contributed by atoms with van der Waals surface area (Å²) < 4.78 is 11.4. The van der Waals surface area contributed by atoms with Gasteiger partial charge in [-0.3, -0.25) is 0 Å². The second kappa shape index (κ2) is 12.0. The smallest absolute Gasteiger partial charge is 0.350 e. The maximum Gasteiger partial charge on any atom is 0.350 e. The van der Waals surface area contributed by atoms with Gasteiger partial charge in [-0.05, 0) is 67.9 Å². The van der Waals surface area contributed by atoms with E-state index in [0.717, 1.165) is 49.2 Å². The lowest BCUT2D eigenvalue weighted by molar-refractivity contribution is 0.0226. The average molecular weight is 413 g/mol. The van der Waals surface area contributed by atoms with Gasteiger partial charge in [-0.15, -0.1) is 0 Å². The minimum atomic E-state index is -0.300. The van der Waals surface area contributed by atoms with E-state index in [-0.39, 0.29) is 5.97 Å². The molecule has 0 aromatic heterocycles. The molecule has 0 N–H and O–H groups in total. The van der Waals surface area contributed by atoms with Gasteiger partial charge in [-0.1, -0.05) is 56.5 Å². The highest BCUT2D eigenvalue weighted by molar-refractivity contribution is 7.95. The Bertz CT molecular complexity index is 721. The topological polar surface area (TPSA) is 35.5 Å². The van der Waals surface area contributed by atoms with E-state index in [0.29, 0.717) is 17.6 Å². The van der Waals surface area contributed by atoms with Crippen molar-refractivity contribution in [2.75, 3.05) is 6.61 Å². The Hall–Kier alpha value is -1.78. The summed E-state index contributed by atoms with van der Waals surface area (Å²) in [6, 6.07) is 17.6. The van der Waals surface area contributed by atoms with E-state index in [9.17, 15) is 4.79 Å². The number of carbonyl (C=O) groups excluding carboxylic acids is 1. The van der Waals surface area contributed by atoms with Crippen molar-refractivity contribution in [3.8, 4) is 0 Å². The molecule has 0 spiro atoms. The molecule has 1 aliphatic carbocycles. The summed E-state index contributed by atoms with van der Waals surface area (Å²) in [5, 5.41) is 0. The SMILES string of the molecule is CCCCCCOC1CCC(c2ccc(C(=O)OSc3ccccc3)cc2)CC1. The predicted octanol–water partition coefficient (Wildman–Crippen LogP) is 7.17. The first kappa shape index (κ1) is 21.9. The molecule has 3 nitrogen and oxygen atoms in total. The van der Waals surface area contributed by atoms with Crippen molar-refractivity contribution in [2.45, 2.75) is 75.2 Å². The average Bonchev–Trinajstić information content (AvgIpc) is 2.78. The third kappa shape index (κ3) is 7.20. The fraction of sp³-hybridized carbons (Fsp3) is 0.480. The van der Waals surface area contributed by atoms with Crippen molar-refractivity contribution >= 4 is 18.0 Å². The Morgan fingerprint density at radius 3 is 2.34 bits per heavy atom. The third-order valence-electron chi connectivity index (χ3n) is 5.60. The van der Waals surface area contributed by atoms with Gasteiger partial charge in [0, 0.05) is 11.5 Å². The van der Waals surface area contributed by atoms with Gasteiger partial charge in [-0.25, -0.2) is 4.79 Å². The van der Waals surface area contributed by atoms with Crippen LogP contribution in [0.15, 0.2) is 59.5 Å². The molecule has 0 bridgehead atoms. The molecule has 0 aliphatic heterocycles. The van der Waals surface area contributed by atoms with Gasteiger partial charge in [0.2, 0.25) is 0 Å². The molecule has 1 fully saturated rings. The van der Waals surface area contributed by atoms with E-state index in [1.165, 1.54) is 31.2 Å². The molecule has 4 heteroatoms. The molecule has 0 amide bonds. The van der Waals surface area contributed by atoms with E-state index in [1.54, 1.807) is 0 Å². The van der Waals surface area contributed by atoms with Gasteiger partial charge in [0.1, 0.15) is 0 Å². The molecule has 0 heterocycles. The quantitative estimate of drug-likeness (QED) is 0.306. The summed E-state index contributed by atoms with van der Waals surface area (Å²) in [5.74, 6) is 0.268. The minimum absolute atomic E-state index is 0.300. The van der Waals surface area contributed by atoms with Crippen LogP contribution >= 0.6 is 12.0 Å². The van der Waals surface area contributed by atoms with Crippen LogP contribution in [0.1, 0.15) is 80.1 Å². The molecular formula is C25H32O3S. The van der Waals surface area contributed by atoms with Crippen LogP contribution in [0, 0.1) is 0 Å². The van der Waals surface area contributed by atoms with Crippen LogP contribution in [0.3, 0.4) is 0 Å². The van der Waals surface area contributed by atoms with E-state index in [4.69, 9.17) is 8.92 Å². The van der Waals surface area contributed by atoms with Crippen molar-refractivity contribution < 1.29 is 13.7 Å². The van der Waals surface area contributed by atoms with Gasteiger partial charge in [0.25, 0.3) is 0 Å². The van der Waals surface area contributed by atoms with Crippen molar-refractivity contribution in [1.29, 1.82) is 0 Å². The maximum absolute atomic E-state index is 12.3. The number of rotatable bonds is 10. The number of hydrogen-bond acceptors (Lipinski definition) is 4. The van der Waals surface area contributed by atoms with Crippen LogP contribution in [0.4, 0.5) is 0 Å². The lowest BCUT2D eigenvalue weighted by atomic mass is 9.82. The second-order valence-corrected chi connectivity index (χ2v) is 8.60. The Kier molecular flexibility index (Phi) is 9.10. The van der Waals surface area contributed by atoms with Crippen LogP contribution in [-0.2, 0) is 8.92 Å². The molecule has 0 atom stereocenters. The zero-order valence-electron chi connectivity index (χ0n) is 17.3. The van der Waals surface area contributed by atoms with E-state index >= 15 is 0 Å². The highest BCUT2D eigenvalue weighted by Gasteiger charge is 2.23. The molecule has 0 unspecified atom stereocenters. The first-order valence-corrected chi connectivity index (χ1v) is 11.7. The maximum atomic E-state index is 12.3. The molecule has 1 aliphatic rings. The number of benzene rings is 2. The largest absolute Gasteiger partial charge is 0.382 e. The fourth-order valence-corrected chi connectivity index (χ4v) is 4.38. The van der Waals surface area contributed by atoms with Crippen molar-refractivity contribution in [2.24, 2.45) is 0 Å². The third-order valence-corrected chi connectivity index (χ3v) is 6.30. The van der Waals surface area contributed by atoms with Crippen LogP contribution in [-0.4, -0.2) is 18.7 Å². The molecular weight excluding hydrogens is 380 g/mol. The summed E-state index contributed by atoms with van der Waals surface area (Å²) in [6.45, 7) is 3.15. The number of hydrogen-bond donors (Lipinski definition) is 0. The summed E-state index contributed by atoms with van der Waals surface area (Å²) >= 11 is 1.10. The van der Waals surface area contributed by atoms with Crippen molar-refractivity contribution in [3.05, 3.63) is 65.7 Å². The summed E-state index contributed by atoms with van der Waals surface area (Å²) in [4.78, 5) is 13.2. The Balaban J connectivity index is 1.40. The highest BCUT2D eigenvalue weighted by atomic mass is 32.2. The Labute approximate surface area is 179 Å². The Morgan fingerprint density at radius 1 is 0.931 bits per heavy atom. The lowest BCUT2D eigenvalue weighted by Gasteiger charge is -2.29. The minimum Gasteiger partial charge on any atom is -0.382 e. The summed E-state index contributed by atoms with van der Waals surface area (Å²) in [6.07, 6.45) is 10.1. The molecule has 156 valence electrons. The summed E-state index contributed by atoms with van der Waals surface area (Å²) in [7, 11) is 0. The first-order chi connectivity index (χ1) is 14.3. The van der Waals surface area contributed by atoms with Gasteiger partial charge < -0.3 is 8.92 Å². The lowest BCUT2D eigenvalue weighted by Crippen LogP contribution is -2.21. The van der Waals surface area contributed by atoms with Crippen molar-refractivity contribution in [3.63, 3.8) is 0 Å². The molecule has 29 heavy (non-hydrogen) atoms. The van der Waals surface area contributed by atoms with Gasteiger partial charge >= 0.3 is 5.97 Å². The van der Waals surface area contributed by atoms with Crippen LogP contribution in [0.2, 0.25) is 0 Å². The monoisotopic (exact) mass is 412 g/mol. The fourth-order valence-electron chi connectivity index (χ4n) is 3.84. The first-order valence-electron chi connectivity index (χ1n) is 10.9. The molecule has 2 aromatic carbocycles. The van der Waals surface area contributed by atoms with E-state index in [2.05, 4.69) is 19.1 Å². The molecule has 2 aromatic rings. The molecule has 3 rings (SSSR count). The molecule has 0 saturated heterocycles.